The van der Waals surface area contributed by atoms with E-state index in [2.05, 4.69) is 93.4 Å². The Morgan fingerprint density at radius 1 is 0.816 bits per heavy atom. The molecule has 0 amide bonds. The maximum absolute atomic E-state index is 7.14. The van der Waals surface area contributed by atoms with E-state index in [1.54, 1.807) is 7.11 Å². The Kier molecular flexibility index (Phi) is 14.0. The van der Waals surface area contributed by atoms with Crippen LogP contribution in [0.1, 0.15) is 92.6 Å². The monoisotopic (exact) mass is 564 g/mol. The van der Waals surface area contributed by atoms with Crippen LogP contribution >= 0.6 is 0 Å². The third-order valence-electron chi connectivity index (χ3n) is 8.60. The van der Waals surface area contributed by atoms with E-state index in [1.807, 2.05) is 18.2 Å². The molecule has 0 heterocycles. The average molecular weight is 565 g/mol. The van der Waals surface area contributed by atoms with Crippen molar-refractivity contribution >= 4 is 16.6 Å². The molecule has 1 aromatic carbocycles. The lowest BCUT2D eigenvalue weighted by Crippen LogP contribution is -2.48. The third kappa shape index (κ3) is 11.3. The Bertz CT molecular complexity index is 806. The molecule has 6 heteroatoms. The van der Waals surface area contributed by atoms with Gasteiger partial charge in [-0.1, -0.05) is 79.5 Å². The standard InChI is InChI=1S/C32H60O4Si2/c1-14-16-18-29(34-25-26-19-21-27(33-9)22-20-26)30(36-38(12,13)32(6,7)8)24-23-28(17-15-2)35-37(10,11)31(3,4)5/h15,19-22,28-30H,2,14,16-18,23-25H2,1,3-13H3/t28-,29-,30-/m1/s1. The van der Waals surface area contributed by atoms with Gasteiger partial charge in [0.2, 0.25) is 0 Å². The van der Waals surface area contributed by atoms with Crippen molar-refractivity contribution in [2.24, 2.45) is 0 Å². The van der Waals surface area contributed by atoms with Gasteiger partial charge in [-0.15, -0.1) is 6.58 Å². The molecule has 0 bridgehead atoms. The molecular weight excluding hydrogens is 505 g/mol. The highest BCUT2D eigenvalue weighted by Gasteiger charge is 2.42. The second-order valence-corrected chi connectivity index (χ2v) is 23.4. The Morgan fingerprint density at radius 2 is 1.37 bits per heavy atom. The summed E-state index contributed by atoms with van der Waals surface area (Å²) in [5.41, 5.74) is 1.16. The minimum atomic E-state index is -2.01. The van der Waals surface area contributed by atoms with Crippen LogP contribution in [0.15, 0.2) is 36.9 Å². The first-order valence-electron chi connectivity index (χ1n) is 14.7. The van der Waals surface area contributed by atoms with Crippen LogP contribution in [0.3, 0.4) is 0 Å². The Hall–Kier alpha value is -0.926. The lowest BCUT2D eigenvalue weighted by atomic mass is 10.00. The minimum Gasteiger partial charge on any atom is -0.497 e. The minimum absolute atomic E-state index is 0.0380. The molecule has 0 unspecified atom stereocenters. The molecule has 0 saturated heterocycles. The number of benzene rings is 1. The first kappa shape index (κ1) is 35.1. The zero-order valence-corrected chi connectivity index (χ0v) is 28.9. The smallest absolute Gasteiger partial charge is 0.192 e. The molecule has 0 fully saturated rings. The SMILES string of the molecule is C=CC[C@H](CC[C@@H](O[Si](C)(C)C(C)(C)C)[C@@H](CCCC)OCc1ccc(OC)cc1)O[Si](C)(C)C(C)(C)C. The molecule has 3 atom stereocenters. The first-order valence-corrected chi connectivity index (χ1v) is 20.5. The normalized spacial score (nSPS) is 15.7. The zero-order chi connectivity index (χ0) is 29.2. The van der Waals surface area contributed by atoms with Crippen LogP contribution in [-0.2, 0) is 20.2 Å². The molecule has 0 N–H and O–H groups in total. The molecule has 0 spiro atoms. The summed E-state index contributed by atoms with van der Waals surface area (Å²) in [5, 5.41) is 0.309. The highest BCUT2D eigenvalue weighted by atomic mass is 28.4. The van der Waals surface area contributed by atoms with Crippen molar-refractivity contribution in [1.29, 1.82) is 0 Å². The summed E-state index contributed by atoms with van der Waals surface area (Å²) < 4.78 is 26.0. The highest BCUT2D eigenvalue weighted by molar-refractivity contribution is 6.74. The van der Waals surface area contributed by atoms with Crippen molar-refractivity contribution in [1.82, 2.24) is 0 Å². The van der Waals surface area contributed by atoms with Gasteiger partial charge in [0.25, 0.3) is 0 Å². The van der Waals surface area contributed by atoms with Crippen LogP contribution in [0.25, 0.3) is 0 Å². The molecule has 220 valence electrons. The molecule has 38 heavy (non-hydrogen) atoms. The quantitative estimate of drug-likeness (QED) is 0.139. The van der Waals surface area contributed by atoms with Crippen LogP contribution in [0.5, 0.6) is 5.75 Å². The second-order valence-electron chi connectivity index (χ2n) is 13.9. The fourth-order valence-corrected chi connectivity index (χ4v) is 6.72. The molecule has 1 rings (SSSR count). The summed E-state index contributed by atoms with van der Waals surface area (Å²) in [4.78, 5) is 0. The Labute approximate surface area is 238 Å². The first-order chi connectivity index (χ1) is 17.5. The van der Waals surface area contributed by atoms with Gasteiger partial charge >= 0.3 is 0 Å². The molecule has 4 nitrogen and oxygen atoms in total. The fourth-order valence-electron chi connectivity index (χ4n) is 3.94. The van der Waals surface area contributed by atoms with E-state index >= 15 is 0 Å². The molecule has 0 aromatic heterocycles. The van der Waals surface area contributed by atoms with Gasteiger partial charge in [0.15, 0.2) is 16.6 Å². The highest BCUT2D eigenvalue weighted by Crippen LogP contribution is 2.40. The van der Waals surface area contributed by atoms with Crippen molar-refractivity contribution < 1.29 is 18.3 Å². The van der Waals surface area contributed by atoms with Gasteiger partial charge in [0.05, 0.1) is 25.9 Å². The van der Waals surface area contributed by atoms with Crippen LogP contribution in [0, 0.1) is 0 Å². The van der Waals surface area contributed by atoms with Crippen molar-refractivity contribution in [3.05, 3.63) is 42.5 Å². The molecular formula is C32H60O4Si2. The molecule has 0 aliphatic heterocycles. The van der Waals surface area contributed by atoms with Crippen molar-refractivity contribution in [2.45, 2.75) is 148 Å². The molecule has 0 saturated carbocycles. The van der Waals surface area contributed by atoms with Crippen molar-refractivity contribution in [3.63, 3.8) is 0 Å². The van der Waals surface area contributed by atoms with Gasteiger partial charge < -0.3 is 18.3 Å². The van der Waals surface area contributed by atoms with Crippen molar-refractivity contribution in [3.8, 4) is 5.75 Å². The number of ether oxygens (including phenoxy) is 2. The summed E-state index contributed by atoms with van der Waals surface area (Å²) in [6.45, 7) is 30.1. The summed E-state index contributed by atoms with van der Waals surface area (Å²) in [6, 6.07) is 8.18. The number of hydrogen-bond acceptors (Lipinski definition) is 4. The molecule has 0 aliphatic rings. The topological polar surface area (TPSA) is 36.9 Å². The maximum Gasteiger partial charge on any atom is 0.192 e. The molecule has 0 aliphatic carbocycles. The van der Waals surface area contributed by atoms with E-state index in [0.29, 0.717) is 6.61 Å². The second kappa shape index (κ2) is 15.2. The van der Waals surface area contributed by atoms with Gasteiger partial charge in [0.1, 0.15) is 5.75 Å². The van der Waals surface area contributed by atoms with E-state index in [4.69, 9.17) is 18.3 Å². The number of rotatable bonds is 17. The van der Waals surface area contributed by atoms with Crippen LogP contribution in [0.2, 0.25) is 36.3 Å². The summed E-state index contributed by atoms with van der Waals surface area (Å²) in [7, 11) is -2.20. The predicted molar refractivity (Wildman–Crippen MR) is 169 cm³/mol. The maximum atomic E-state index is 7.14. The Balaban J connectivity index is 3.19. The largest absolute Gasteiger partial charge is 0.497 e. The molecule has 0 radical (unpaired) electrons. The van der Waals surface area contributed by atoms with Gasteiger partial charge in [-0.05, 0) is 79.6 Å². The van der Waals surface area contributed by atoms with E-state index in [9.17, 15) is 0 Å². The van der Waals surface area contributed by atoms with Crippen molar-refractivity contribution in [2.75, 3.05) is 7.11 Å². The van der Waals surface area contributed by atoms with E-state index in [1.165, 1.54) is 0 Å². The number of methoxy groups -OCH3 is 1. The zero-order valence-electron chi connectivity index (χ0n) is 26.9. The molecule has 1 aromatic rings. The number of unbranched alkanes of at least 4 members (excludes halogenated alkanes) is 1. The summed E-state index contributed by atoms with van der Waals surface area (Å²) in [5.74, 6) is 0.866. The van der Waals surface area contributed by atoms with E-state index < -0.39 is 16.6 Å². The van der Waals surface area contributed by atoms with Crippen LogP contribution in [0.4, 0.5) is 0 Å². The van der Waals surface area contributed by atoms with Crippen LogP contribution in [-0.4, -0.2) is 42.1 Å². The third-order valence-corrected chi connectivity index (χ3v) is 17.6. The van der Waals surface area contributed by atoms with Gasteiger partial charge in [0, 0.05) is 6.10 Å². The summed E-state index contributed by atoms with van der Waals surface area (Å²) >= 11 is 0. The van der Waals surface area contributed by atoms with Gasteiger partial charge in [-0.2, -0.15) is 0 Å². The van der Waals surface area contributed by atoms with Gasteiger partial charge in [-0.25, -0.2) is 0 Å². The van der Waals surface area contributed by atoms with Crippen LogP contribution < -0.4 is 4.74 Å². The number of hydrogen-bond donors (Lipinski definition) is 0. The summed E-state index contributed by atoms with van der Waals surface area (Å²) in [6.07, 6.45) is 8.27. The average Bonchev–Trinajstić information content (AvgIpc) is 2.80. The fraction of sp³-hybridized carbons (Fsp3) is 0.750. The van der Waals surface area contributed by atoms with E-state index in [-0.39, 0.29) is 28.4 Å². The Morgan fingerprint density at radius 3 is 1.84 bits per heavy atom. The lowest BCUT2D eigenvalue weighted by molar-refractivity contribution is -0.0511. The van der Waals surface area contributed by atoms with E-state index in [0.717, 1.165) is 49.8 Å². The lowest BCUT2D eigenvalue weighted by Gasteiger charge is -2.42. The predicted octanol–water partition coefficient (Wildman–Crippen LogP) is 9.91. The van der Waals surface area contributed by atoms with Gasteiger partial charge in [-0.3, -0.25) is 0 Å².